The Labute approximate surface area is 165 Å². The van der Waals surface area contributed by atoms with E-state index in [1.807, 2.05) is 46.0 Å². The zero-order chi connectivity index (χ0) is 19.5. The van der Waals surface area contributed by atoms with Crippen molar-refractivity contribution in [3.8, 4) is 0 Å². The minimum absolute atomic E-state index is 0.0222. The number of hydrogen-bond donors (Lipinski definition) is 0. The van der Waals surface area contributed by atoms with Gasteiger partial charge in [-0.3, -0.25) is 4.79 Å². The third-order valence-electron chi connectivity index (χ3n) is 5.12. The second-order valence-electron chi connectivity index (χ2n) is 7.63. The fraction of sp³-hybridized carbons (Fsp3) is 0.409. The van der Waals surface area contributed by atoms with Gasteiger partial charge in [0.05, 0.1) is 17.9 Å². The Balaban J connectivity index is 1.61. The average molecular weight is 378 g/mol. The van der Waals surface area contributed by atoms with E-state index in [4.69, 9.17) is 4.74 Å². The summed E-state index contributed by atoms with van der Waals surface area (Å²) in [6, 6.07) is 12.2. The molecule has 6 heteroatoms. The molecule has 0 bridgehead atoms. The molecule has 6 nitrogen and oxygen atoms in total. The first-order valence-electron chi connectivity index (χ1n) is 9.90. The number of fused-ring (bicyclic) bond motifs is 1. The first-order valence-corrected chi connectivity index (χ1v) is 9.90. The number of benzene rings is 1. The van der Waals surface area contributed by atoms with Crippen LogP contribution in [0.1, 0.15) is 48.7 Å². The van der Waals surface area contributed by atoms with Crippen molar-refractivity contribution < 1.29 is 9.53 Å². The highest BCUT2D eigenvalue weighted by atomic mass is 16.5. The van der Waals surface area contributed by atoms with Crippen LogP contribution in [0.15, 0.2) is 48.8 Å². The maximum atomic E-state index is 13.3. The third kappa shape index (κ3) is 3.92. The molecule has 2 aromatic heterocycles. The highest BCUT2D eigenvalue weighted by Gasteiger charge is 2.24. The predicted molar refractivity (Wildman–Crippen MR) is 108 cm³/mol. The molecule has 3 aromatic rings. The lowest BCUT2D eigenvalue weighted by atomic mass is 10.1. The normalized spacial score (nSPS) is 16.8. The van der Waals surface area contributed by atoms with E-state index >= 15 is 0 Å². The van der Waals surface area contributed by atoms with Crippen molar-refractivity contribution in [1.29, 1.82) is 0 Å². The SMILES string of the molecule is CC(C)n1ncc2cc(C(=O)N(Cc3ccccc3)CC3CCCO3)cnc21. The summed E-state index contributed by atoms with van der Waals surface area (Å²) in [6.07, 6.45) is 5.60. The Morgan fingerprint density at radius 1 is 1.29 bits per heavy atom. The number of ether oxygens (including phenoxy) is 1. The molecule has 0 radical (unpaired) electrons. The van der Waals surface area contributed by atoms with Crippen molar-refractivity contribution in [2.24, 2.45) is 0 Å². The summed E-state index contributed by atoms with van der Waals surface area (Å²) in [4.78, 5) is 19.7. The maximum absolute atomic E-state index is 13.3. The van der Waals surface area contributed by atoms with Gasteiger partial charge in [0.25, 0.3) is 5.91 Å². The van der Waals surface area contributed by atoms with Crippen LogP contribution in [0.25, 0.3) is 11.0 Å². The second-order valence-corrected chi connectivity index (χ2v) is 7.63. The molecule has 0 aliphatic carbocycles. The van der Waals surface area contributed by atoms with Crippen LogP contribution in [0.2, 0.25) is 0 Å². The number of rotatable bonds is 6. The van der Waals surface area contributed by atoms with E-state index in [1.165, 1.54) is 0 Å². The van der Waals surface area contributed by atoms with Crippen molar-refractivity contribution >= 4 is 16.9 Å². The van der Waals surface area contributed by atoms with E-state index < -0.39 is 0 Å². The topological polar surface area (TPSA) is 60.2 Å². The summed E-state index contributed by atoms with van der Waals surface area (Å²) in [5.74, 6) is -0.0222. The number of carbonyl (C=O) groups is 1. The van der Waals surface area contributed by atoms with E-state index in [9.17, 15) is 4.79 Å². The number of hydrogen-bond acceptors (Lipinski definition) is 4. The van der Waals surface area contributed by atoms with E-state index in [2.05, 4.69) is 23.9 Å². The largest absolute Gasteiger partial charge is 0.376 e. The van der Waals surface area contributed by atoms with Gasteiger partial charge in [-0.15, -0.1) is 0 Å². The van der Waals surface area contributed by atoms with E-state index in [0.717, 1.165) is 36.0 Å². The van der Waals surface area contributed by atoms with Crippen LogP contribution >= 0.6 is 0 Å². The van der Waals surface area contributed by atoms with Crippen LogP contribution in [-0.2, 0) is 11.3 Å². The van der Waals surface area contributed by atoms with Gasteiger partial charge in [-0.2, -0.15) is 5.10 Å². The summed E-state index contributed by atoms with van der Waals surface area (Å²) >= 11 is 0. The Morgan fingerprint density at radius 2 is 2.11 bits per heavy atom. The highest BCUT2D eigenvalue weighted by molar-refractivity contribution is 5.96. The molecule has 1 fully saturated rings. The molecule has 0 spiro atoms. The van der Waals surface area contributed by atoms with Crippen LogP contribution < -0.4 is 0 Å². The minimum Gasteiger partial charge on any atom is -0.376 e. The molecule has 1 aromatic carbocycles. The molecule has 146 valence electrons. The summed E-state index contributed by atoms with van der Waals surface area (Å²) in [7, 11) is 0. The molecule has 0 saturated carbocycles. The summed E-state index contributed by atoms with van der Waals surface area (Å²) in [5, 5.41) is 5.29. The molecule has 3 heterocycles. The van der Waals surface area contributed by atoms with Gasteiger partial charge in [-0.05, 0) is 38.3 Å². The van der Waals surface area contributed by atoms with E-state index in [-0.39, 0.29) is 18.1 Å². The van der Waals surface area contributed by atoms with Crippen molar-refractivity contribution in [2.75, 3.05) is 13.2 Å². The van der Waals surface area contributed by atoms with Gasteiger partial charge >= 0.3 is 0 Å². The summed E-state index contributed by atoms with van der Waals surface area (Å²) in [6.45, 7) is 6.06. The number of amides is 1. The molecule has 4 rings (SSSR count). The summed E-state index contributed by atoms with van der Waals surface area (Å²) in [5.41, 5.74) is 2.50. The number of carbonyl (C=O) groups excluding carboxylic acids is 1. The molecular weight excluding hydrogens is 352 g/mol. The molecule has 1 saturated heterocycles. The highest BCUT2D eigenvalue weighted by Crippen LogP contribution is 2.20. The molecule has 1 aliphatic rings. The molecule has 1 atom stereocenters. The molecule has 1 amide bonds. The van der Waals surface area contributed by atoms with Crippen LogP contribution in [0.3, 0.4) is 0 Å². The van der Waals surface area contributed by atoms with Gasteiger partial charge in [0.2, 0.25) is 0 Å². The predicted octanol–water partition coefficient (Wildman–Crippen LogP) is 3.83. The average Bonchev–Trinajstić information content (AvgIpc) is 3.36. The van der Waals surface area contributed by atoms with Crippen LogP contribution in [0.5, 0.6) is 0 Å². The fourth-order valence-electron chi connectivity index (χ4n) is 3.67. The van der Waals surface area contributed by atoms with Crippen molar-refractivity contribution in [3.63, 3.8) is 0 Å². The van der Waals surface area contributed by atoms with Gasteiger partial charge < -0.3 is 9.64 Å². The van der Waals surface area contributed by atoms with Gasteiger partial charge in [0.15, 0.2) is 5.65 Å². The van der Waals surface area contributed by atoms with Crippen LogP contribution in [0, 0.1) is 0 Å². The minimum atomic E-state index is -0.0222. The standard InChI is InChI=1S/C22H26N4O2/c1-16(2)26-21-18(13-24-26)11-19(12-23-21)22(27)25(15-20-9-6-10-28-20)14-17-7-4-3-5-8-17/h3-5,7-8,11-13,16,20H,6,9-10,14-15H2,1-2H3. The Kier molecular flexibility index (Phi) is 5.39. The van der Waals surface area contributed by atoms with Gasteiger partial charge in [-0.1, -0.05) is 30.3 Å². The third-order valence-corrected chi connectivity index (χ3v) is 5.12. The van der Waals surface area contributed by atoms with Gasteiger partial charge in [-0.25, -0.2) is 9.67 Å². The molecule has 1 unspecified atom stereocenters. The smallest absolute Gasteiger partial charge is 0.255 e. The van der Waals surface area contributed by atoms with E-state index in [1.54, 1.807) is 12.4 Å². The Morgan fingerprint density at radius 3 is 2.82 bits per heavy atom. The van der Waals surface area contributed by atoms with Crippen LogP contribution in [-0.4, -0.2) is 44.8 Å². The number of aromatic nitrogens is 3. The first kappa shape index (κ1) is 18.6. The second kappa shape index (κ2) is 8.10. The molecule has 28 heavy (non-hydrogen) atoms. The fourth-order valence-corrected chi connectivity index (χ4v) is 3.67. The molecular formula is C22H26N4O2. The molecule has 1 aliphatic heterocycles. The monoisotopic (exact) mass is 378 g/mol. The zero-order valence-electron chi connectivity index (χ0n) is 16.4. The lowest BCUT2D eigenvalue weighted by molar-refractivity contribution is 0.0507. The van der Waals surface area contributed by atoms with Crippen molar-refractivity contribution in [1.82, 2.24) is 19.7 Å². The summed E-state index contributed by atoms with van der Waals surface area (Å²) < 4.78 is 7.66. The lowest BCUT2D eigenvalue weighted by Crippen LogP contribution is -2.37. The van der Waals surface area contributed by atoms with Gasteiger partial charge in [0, 0.05) is 37.3 Å². The maximum Gasteiger partial charge on any atom is 0.255 e. The lowest BCUT2D eigenvalue weighted by Gasteiger charge is -2.25. The van der Waals surface area contributed by atoms with Crippen molar-refractivity contribution in [3.05, 3.63) is 59.9 Å². The Bertz CT molecular complexity index is 946. The molecule has 0 N–H and O–H groups in total. The van der Waals surface area contributed by atoms with E-state index in [0.29, 0.717) is 18.7 Å². The first-order chi connectivity index (χ1) is 13.6. The number of pyridine rings is 1. The number of nitrogens with zero attached hydrogens (tertiary/aromatic N) is 4. The van der Waals surface area contributed by atoms with Crippen molar-refractivity contribution in [2.45, 2.75) is 45.4 Å². The van der Waals surface area contributed by atoms with Gasteiger partial charge in [0.1, 0.15) is 0 Å². The quantitative estimate of drug-likeness (QED) is 0.654. The Hall–Kier alpha value is -2.73. The zero-order valence-corrected chi connectivity index (χ0v) is 16.4. The van der Waals surface area contributed by atoms with Crippen LogP contribution in [0.4, 0.5) is 0 Å².